The van der Waals surface area contributed by atoms with Crippen molar-refractivity contribution in [2.45, 2.75) is 36.7 Å². The Morgan fingerprint density at radius 2 is 1.84 bits per heavy atom. The van der Waals surface area contributed by atoms with Gasteiger partial charge in [-0.2, -0.15) is 9.97 Å². The summed E-state index contributed by atoms with van der Waals surface area (Å²) in [5.74, 6) is 2.31. The van der Waals surface area contributed by atoms with Crippen molar-refractivity contribution in [1.29, 1.82) is 0 Å². The Labute approximate surface area is 153 Å². The molecular formula is C18H25N5OS. The molecule has 0 saturated carbocycles. The van der Waals surface area contributed by atoms with Gasteiger partial charge in [-0.15, -0.1) is 0 Å². The topological polar surface area (TPSA) is 77.2 Å². The minimum absolute atomic E-state index is 0.356. The summed E-state index contributed by atoms with van der Waals surface area (Å²) in [5.41, 5.74) is 7.07. The van der Waals surface area contributed by atoms with Crippen LogP contribution in [0.15, 0.2) is 35.5 Å². The van der Waals surface area contributed by atoms with Crippen molar-refractivity contribution in [1.82, 2.24) is 15.0 Å². The number of hydrogen-bond donors (Lipinski definition) is 1. The molecule has 2 heterocycles. The SMILES string of the molecule is CC(C)(N)Cc1nc(SCc2ccccc2)nc(N2CCOCC2)n1. The first kappa shape index (κ1) is 18.1. The predicted octanol–water partition coefficient (Wildman–Crippen LogP) is 2.28. The largest absolute Gasteiger partial charge is 0.378 e. The lowest BCUT2D eigenvalue weighted by Crippen LogP contribution is -2.38. The van der Waals surface area contributed by atoms with E-state index in [1.807, 2.05) is 32.0 Å². The molecule has 0 aliphatic carbocycles. The molecule has 2 N–H and O–H groups in total. The number of hydrogen-bond acceptors (Lipinski definition) is 7. The van der Waals surface area contributed by atoms with Crippen LogP contribution in [0, 0.1) is 0 Å². The minimum Gasteiger partial charge on any atom is -0.378 e. The molecule has 0 bridgehead atoms. The summed E-state index contributed by atoms with van der Waals surface area (Å²) in [4.78, 5) is 16.1. The van der Waals surface area contributed by atoms with E-state index in [-0.39, 0.29) is 5.54 Å². The van der Waals surface area contributed by atoms with Crippen molar-refractivity contribution in [2.24, 2.45) is 5.73 Å². The standard InChI is InChI=1S/C18H25N5OS/c1-18(2,19)12-15-20-16(23-8-10-24-11-9-23)22-17(21-15)25-13-14-6-4-3-5-7-14/h3-7H,8-13,19H2,1-2H3. The fourth-order valence-corrected chi connectivity index (χ4v) is 3.37. The van der Waals surface area contributed by atoms with Crippen molar-refractivity contribution in [3.63, 3.8) is 0 Å². The number of benzene rings is 1. The molecule has 1 aliphatic rings. The summed E-state index contributed by atoms with van der Waals surface area (Å²) >= 11 is 1.63. The van der Waals surface area contributed by atoms with Gasteiger partial charge in [0.1, 0.15) is 5.82 Å². The summed E-state index contributed by atoms with van der Waals surface area (Å²) in [7, 11) is 0. The van der Waals surface area contributed by atoms with Crippen LogP contribution in [0.3, 0.4) is 0 Å². The second kappa shape index (κ2) is 8.12. The normalized spacial score (nSPS) is 15.4. The van der Waals surface area contributed by atoms with E-state index in [0.29, 0.717) is 19.6 Å². The average molecular weight is 359 g/mol. The molecule has 1 saturated heterocycles. The van der Waals surface area contributed by atoms with Crippen LogP contribution in [0.2, 0.25) is 0 Å². The summed E-state index contributed by atoms with van der Waals surface area (Å²) in [5, 5.41) is 0.750. The third-order valence-corrected chi connectivity index (χ3v) is 4.69. The van der Waals surface area contributed by atoms with Gasteiger partial charge in [0.25, 0.3) is 0 Å². The number of morpholine rings is 1. The molecule has 0 radical (unpaired) electrons. The molecule has 1 aliphatic heterocycles. The van der Waals surface area contributed by atoms with E-state index in [1.165, 1.54) is 5.56 Å². The fourth-order valence-electron chi connectivity index (χ4n) is 2.56. The Morgan fingerprint density at radius 3 is 2.52 bits per heavy atom. The summed E-state index contributed by atoms with van der Waals surface area (Å²) in [6, 6.07) is 10.3. The van der Waals surface area contributed by atoms with Crippen LogP contribution in [0.25, 0.3) is 0 Å². The van der Waals surface area contributed by atoms with Crippen LogP contribution in [0.5, 0.6) is 0 Å². The van der Waals surface area contributed by atoms with Gasteiger partial charge in [0.05, 0.1) is 13.2 Å². The van der Waals surface area contributed by atoms with Crippen molar-refractivity contribution in [2.75, 3.05) is 31.2 Å². The van der Waals surface area contributed by atoms with Crippen molar-refractivity contribution in [3.05, 3.63) is 41.7 Å². The van der Waals surface area contributed by atoms with Gasteiger partial charge < -0.3 is 15.4 Å². The molecule has 6 nitrogen and oxygen atoms in total. The van der Waals surface area contributed by atoms with E-state index in [0.717, 1.165) is 35.8 Å². The van der Waals surface area contributed by atoms with Crippen molar-refractivity contribution >= 4 is 17.7 Å². The van der Waals surface area contributed by atoms with Gasteiger partial charge in [-0.05, 0) is 19.4 Å². The number of ether oxygens (including phenoxy) is 1. The van der Waals surface area contributed by atoms with Gasteiger partial charge in [-0.1, -0.05) is 42.1 Å². The average Bonchev–Trinajstić information content (AvgIpc) is 2.60. The second-order valence-electron chi connectivity index (χ2n) is 6.87. The maximum absolute atomic E-state index is 6.17. The zero-order valence-electron chi connectivity index (χ0n) is 14.8. The van der Waals surface area contributed by atoms with E-state index in [1.54, 1.807) is 11.8 Å². The molecule has 7 heteroatoms. The lowest BCUT2D eigenvalue weighted by Gasteiger charge is -2.27. The number of nitrogens with two attached hydrogens (primary N) is 1. The van der Waals surface area contributed by atoms with Gasteiger partial charge in [-0.3, -0.25) is 0 Å². The Kier molecular flexibility index (Phi) is 5.88. The number of aromatic nitrogens is 3. The molecule has 3 rings (SSSR count). The Hall–Kier alpha value is -1.70. The van der Waals surface area contributed by atoms with Gasteiger partial charge in [0.15, 0.2) is 5.16 Å². The number of rotatable bonds is 6. The maximum Gasteiger partial charge on any atom is 0.229 e. The zero-order valence-corrected chi connectivity index (χ0v) is 15.6. The fraction of sp³-hybridized carbons (Fsp3) is 0.500. The minimum atomic E-state index is -0.356. The highest BCUT2D eigenvalue weighted by molar-refractivity contribution is 7.98. The second-order valence-corrected chi connectivity index (χ2v) is 7.82. The molecule has 134 valence electrons. The molecule has 0 amide bonds. The predicted molar refractivity (Wildman–Crippen MR) is 101 cm³/mol. The van der Waals surface area contributed by atoms with Gasteiger partial charge in [-0.25, -0.2) is 4.98 Å². The lowest BCUT2D eigenvalue weighted by molar-refractivity contribution is 0.122. The highest BCUT2D eigenvalue weighted by Gasteiger charge is 2.20. The van der Waals surface area contributed by atoms with Crippen LogP contribution in [0.1, 0.15) is 25.2 Å². The number of thioether (sulfide) groups is 1. The first-order valence-electron chi connectivity index (χ1n) is 8.53. The molecule has 1 aromatic carbocycles. The third-order valence-electron chi connectivity index (χ3n) is 3.77. The van der Waals surface area contributed by atoms with Crippen LogP contribution in [-0.2, 0) is 16.9 Å². The van der Waals surface area contributed by atoms with E-state index in [2.05, 4.69) is 32.0 Å². The molecule has 1 aromatic heterocycles. The molecule has 2 aromatic rings. The third kappa shape index (κ3) is 5.66. The van der Waals surface area contributed by atoms with Crippen LogP contribution >= 0.6 is 11.8 Å². The summed E-state index contributed by atoms with van der Waals surface area (Å²) < 4.78 is 5.43. The Bertz CT molecular complexity index is 684. The quantitative estimate of drug-likeness (QED) is 0.793. The molecule has 25 heavy (non-hydrogen) atoms. The summed E-state index contributed by atoms with van der Waals surface area (Å²) in [6.45, 7) is 6.99. The zero-order chi connectivity index (χ0) is 17.7. The summed E-state index contributed by atoms with van der Waals surface area (Å²) in [6.07, 6.45) is 0.617. The highest BCUT2D eigenvalue weighted by atomic mass is 32.2. The first-order chi connectivity index (χ1) is 12.0. The van der Waals surface area contributed by atoms with Gasteiger partial charge in [0, 0.05) is 30.8 Å². The lowest BCUT2D eigenvalue weighted by atomic mass is 10.0. The van der Waals surface area contributed by atoms with E-state index >= 15 is 0 Å². The number of anilines is 1. The molecule has 0 atom stereocenters. The van der Waals surface area contributed by atoms with Crippen LogP contribution < -0.4 is 10.6 Å². The molecule has 0 spiro atoms. The highest BCUT2D eigenvalue weighted by Crippen LogP contribution is 2.22. The van der Waals surface area contributed by atoms with Crippen LogP contribution in [0.4, 0.5) is 5.95 Å². The van der Waals surface area contributed by atoms with Gasteiger partial charge in [0.2, 0.25) is 5.95 Å². The van der Waals surface area contributed by atoms with E-state index in [4.69, 9.17) is 10.5 Å². The Morgan fingerprint density at radius 1 is 1.12 bits per heavy atom. The number of nitrogens with zero attached hydrogens (tertiary/aromatic N) is 4. The van der Waals surface area contributed by atoms with Gasteiger partial charge >= 0.3 is 0 Å². The van der Waals surface area contributed by atoms with E-state index in [9.17, 15) is 0 Å². The van der Waals surface area contributed by atoms with Crippen molar-refractivity contribution in [3.8, 4) is 0 Å². The monoisotopic (exact) mass is 359 g/mol. The maximum atomic E-state index is 6.17. The molecule has 0 unspecified atom stereocenters. The smallest absolute Gasteiger partial charge is 0.229 e. The van der Waals surface area contributed by atoms with E-state index < -0.39 is 0 Å². The Balaban J connectivity index is 1.80. The molecule has 1 fully saturated rings. The molecular weight excluding hydrogens is 334 g/mol. The van der Waals surface area contributed by atoms with Crippen molar-refractivity contribution < 1.29 is 4.74 Å². The first-order valence-corrected chi connectivity index (χ1v) is 9.51. The van der Waals surface area contributed by atoms with Crippen LogP contribution in [-0.4, -0.2) is 46.8 Å².